The van der Waals surface area contributed by atoms with Gasteiger partial charge in [0.15, 0.2) is 11.5 Å². The van der Waals surface area contributed by atoms with E-state index in [4.69, 9.17) is 10.5 Å². The minimum Gasteiger partial charge on any atom is -0.497 e. The number of rotatable bonds is 4. The molecule has 0 aliphatic heterocycles. The number of nitrogen functional groups attached to an aromatic ring is 1. The number of amides is 1. The molecule has 0 aliphatic rings. The van der Waals surface area contributed by atoms with Crippen LogP contribution in [-0.4, -0.2) is 28.0 Å². The van der Waals surface area contributed by atoms with E-state index < -0.39 is 5.91 Å². The van der Waals surface area contributed by atoms with Gasteiger partial charge in [0.05, 0.1) is 12.8 Å². The van der Waals surface area contributed by atoms with E-state index in [1.165, 1.54) is 4.68 Å². The number of para-hydroxylation sites is 1. The van der Waals surface area contributed by atoms with E-state index in [1.54, 1.807) is 31.4 Å². The molecule has 7 heteroatoms. The molecular weight excluding hydrogens is 294 g/mol. The first-order valence-electron chi connectivity index (χ1n) is 6.91. The maximum atomic E-state index is 12.3. The van der Waals surface area contributed by atoms with Crippen molar-refractivity contribution in [1.82, 2.24) is 15.0 Å². The number of nitrogens with one attached hydrogen (secondary N) is 1. The summed E-state index contributed by atoms with van der Waals surface area (Å²) in [5.41, 5.74) is 7.39. The molecule has 7 nitrogen and oxygen atoms in total. The number of carbonyl (C=O) groups is 1. The van der Waals surface area contributed by atoms with Gasteiger partial charge in [-0.15, -0.1) is 5.10 Å². The van der Waals surface area contributed by atoms with E-state index in [1.807, 2.05) is 30.3 Å². The Morgan fingerprint density at radius 2 is 1.96 bits per heavy atom. The molecule has 0 atom stereocenters. The summed E-state index contributed by atoms with van der Waals surface area (Å²) in [6.45, 7) is 0. The van der Waals surface area contributed by atoms with Crippen molar-refractivity contribution in [3.63, 3.8) is 0 Å². The summed E-state index contributed by atoms with van der Waals surface area (Å²) in [4.78, 5) is 12.3. The van der Waals surface area contributed by atoms with Crippen molar-refractivity contribution in [2.75, 3.05) is 18.2 Å². The third kappa shape index (κ3) is 2.98. The average molecular weight is 309 g/mol. The second-order valence-electron chi connectivity index (χ2n) is 4.76. The van der Waals surface area contributed by atoms with E-state index in [9.17, 15) is 4.79 Å². The van der Waals surface area contributed by atoms with E-state index in [-0.39, 0.29) is 11.5 Å². The van der Waals surface area contributed by atoms with Crippen LogP contribution >= 0.6 is 0 Å². The van der Waals surface area contributed by atoms with E-state index in [0.717, 1.165) is 5.69 Å². The molecule has 0 spiro atoms. The molecule has 0 unspecified atom stereocenters. The maximum absolute atomic E-state index is 12.3. The molecule has 3 N–H and O–H groups in total. The number of benzene rings is 2. The lowest BCUT2D eigenvalue weighted by molar-refractivity contribution is 0.102. The van der Waals surface area contributed by atoms with Crippen LogP contribution in [0.25, 0.3) is 5.69 Å². The van der Waals surface area contributed by atoms with Crippen LogP contribution in [0.3, 0.4) is 0 Å². The molecule has 3 rings (SSSR count). The fourth-order valence-corrected chi connectivity index (χ4v) is 2.10. The summed E-state index contributed by atoms with van der Waals surface area (Å²) in [5.74, 6) is 0.387. The van der Waals surface area contributed by atoms with E-state index in [2.05, 4.69) is 15.6 Å². The van der Waals surface area contributed by atoms with Crippen LogP contribution in [0.1, 0.15) is 10.5 Å². The summed E-state index contributed by atoms with van der Waals surface area (Å²) in [7, 11) is 1.56. The van der Waals surface area contributed by atoms with Gasteiger partial charge in [-0.25, -0.2) is 0 Å². The molecule has 3 aromatic rings. The third-order valence-electron chi connectivity index (χ3n) is 3.25. The summed E-state index contributed by atoms with van der Waals surface area (Å²) >= 11 is 0. The lowest BCUT2D eigenvalue weighted by Gasteiger charge is -2.06. The number of anilines is 2. The van der Waals surface area contributed by atoms with Gasteiger partial charge in [-0.2, -0.15) is 4.68 Å². The van der Waals surface area contributed by atoms with Crippen molar-refractivity contribution in [3.05, 3.63) is 60.3 Å². The topological polar surface area (TPSA) is 95.1 Å². The van der Waals surface area contributed by atoms with Crippen LogP contribution in [0.4, 0.5) is 11.5 Å². The zero-order valence-corrected chi connectivity index (χ0v) is 12.4. The van der Waals surface area contributed by atoms with Crippen LogP contribution in [0.15, 0.2) is 54.6 Å². The highest BCUT2D eigenvalue weighted by Crippen LogP contribution is 2.19. The first-order chi connectivity index (χ1) is 11.2. The Hall–Kier alpha value is -3.35. The highest BCUT2D eigenvalue weighted by Gasteiger charge is 2.18. The van der Waals surface area contributed by atoms with Gasteiger partial charge in [-0.05, 0) is 24.3 Å². The zero-order chi connectivity index (χ0) is 16.2. The average Bonchev–Trinajstić information content (AvgIpc) is 2.97. The number of hydrogen-bond donors (Lipinski definition) is 2. The fourth-order valence-electron chi connectivity index (χ4n) is 2.10. The predicted molar refractivity (Wildman–Crippen MR) is 86.7 cm³/mol. The van der Waals surface area contributed by atoms with Crippen molar-refractivity contribution in [2.45, 2.75) is 0 Å². The number of ether oxygens (including phenoxy) is 1. The monoisotopic (exact) mass is 309 g/mol. The fraction of sp³-hybridized carbons (Fsp3) is 0.0625. The molecule has 0 saturated carbocycles. The molecule has 2 aromatic carbocycles. The van der Waals surface area contributed by atoms with E-state index in [0.29, 0.717) is 11.4 Å². The Morgan fingerprint density at radius 1 is 1.17 bits per heavy atom. The Bertz CT molecular complexity index is 829. The molecule has 0 radical (unpaired) electrons. The minimum absolute atomic E-state index is 0.0664. The predicted octanol–water partition coefficient (Wildman–Crippen LogP) is 2.11. The quantitative estimate of drug-likeness (QED) is 0.769. The number of nitrogens with zero attached hydrogens (tertiary/aromatic N) is 3. The van der Waals surface area contributed by atoms with E-state index >= 15 is 0 Å². The standard InChI is InChI=1S/C16H15N5O2/c1-23-13-9-5-6-11(10-13)18-16(22)14-15(17)21(20-19-14)12-7-3-2-4-8-12/h2-10H,17H2,1H3,(H,18,22). The summed E-state index contributed by atoms with van der Waals surface area (Å²) in [6, 6.07) is 16.3. The highest BCUT2D eigenvalue weighted by molar-refractivity contribution is 6.05. The summed E-state index contributed by atoms with van der Waals surface area (Å²) < 4.78 is 6.54. The Balaban J connectivity index is 1.84. The molecule has 0 bridgehead atoms. The Morgan fingerprint density at radius 3 is 2.70 bits per heavy atom. The number of nitrogens with two attached hydrogens (primary N) is 1. The van der Waals surface area contributed by atoms with Crippen molar-refractivity contribution in [3.8, 4) is 11.4 Å². The number of hydrogen-bond acceptors (Lipinski definition) is 5. The SMILES string of the molecule is COc1cccc(NC(=O)c2nnn(-c3ccccc3)c2N)c1. The Kier molecular flexibility index (Phi) is 3.92. The normalized spacial score (nSPS) is 10.3. The van der Waals surface area contributed by atoms with Gasteiger partial charge >= 0.3 is 0 Å². The van der Waals surface area contributed by atoms with Crippen molar-refractivity contribution >= 4 is 17.4 Å². The molecule has 0 aliphatic carbocycles. The summed E-state index contributed by atoms with van der Waals surface area (Å²) in [6.07, 6.45) is 0. The molecule has 1 amide bonds. The lowest BCUT2D eigenvalue weighted by atomic mass is 10.3. The minimum atomic E-state index is -0.432. The van der Waals surface area contributed by atoms with Gasteiger partial charge in [0, 0.05) is 11.8 Å². The van der Waals surface area contributed by atoms with Crippen LogP contribution in [0.2, 0.25) is 0 Å². The first-order valence-corrected chi connectivity index (χ1v) is 6.91. The van der Waals surface area contributed by atoms with Crippen molar-refractivity contribution in [1.29, 1.82) is 0 Å². The third-order valence-corrected chi connectivity index (χ3v) is 3.25. The molecule has 0 saturated heterocycles. The summed E-state index contributed by atoms with van der Waals surface area (Å²) in [5, 5.41) is 10.5. The molecule has 1 heterocycles. The van der Waals surface area contributed by atoms with Crippen LogP contribution < -0.4 is 15.8 Å². The van der Waals surface area contributed by atoms with Gasteiger partial charge in [-0.1, -0.05) is 29.5 Å². The van der Waals surface area contributed by atoms with Gasteiger partial charge in [0.1, 0.15) is 5.75 Å². The van der Waals surface area contributed by atoms with Gasteiger partial charge < -0.3 is 15.8 Å². The van der Waals surface area contributed by atoms with Crippen molar-refractivity contribution < 1.29 is 9.53 Å². The van der Waals surface area contributed by atoms with Crippen LogP contribution in [-0.2, 0) is 0 Å². The lowest BCUT2D eigenvalue weighted by Crippen LogP contribution is -2.15. The van der Waals surface area contributed by atoms with Gasteiger partial charge in [0.25, 0.3) is 5.91 Å². The Labute approximate surface area is 132 Å². The smallest absolute Gasteiger partial charge is 0.280 e. The molecule has 116 valence electrons. The van der Waals surface area contributed by atoms with Gasteiger partial charge in [-0.3, -0.25) is 4.79 Å². The van der Waals surface area contributed by atoms with Crippen LogP contribution in [0.5, 0.6) is 5.75 Å². The van der Waals surface area contributed by atoms with Gasteiger partial charge in [0.2, 0.25) is 0 Å². The number of carbonyl (C=O) groups excluding carboxylic acids is 1. The number of aromatic nitrogens is 3. The second-order valence-corrected chi connectivity index (χ2v) is 4.76. The molecule has 0 fully saturated rings. The maximum Gasteiger partial charge on any atom is 0.280 e. The second kappa shape index (κ2) is 6.18. The molecule has 23 heavy (non-hydrogen) atoms. The molecular formula is C16H15N5O2. The largest absolute Gasteiger partial charge is 0.497 e. The first kappa shape index (κ1) is 14.6. The van der Waals surface area contributed by atoms with Crippen molar-refractivity contribution in [2.24, 2.45) is 0 Å². The zero-order valence-electron chi connectivity index (χ0n) is 12.4. The van der Waals surface area contributed by atoms with Crippen LogP contribution in [0, 0.1) is 0 Å². The molecule has 1 aromatic heterocycles. The highest BCUT2D eigenvalue weighted by atomic mass is 16.5. The number of methoxy groups -OCH3 is 1.